The number of nitrogens with zero attached hydrogens (tertiary/aromatic N) is 1. The fourth-order valence-electron chi connectivity index (χ4n) is 1.71. The Hall–Kier alpha value is -1.37. The van der Waals surface area contributed by atoms with Crippen molar-refractivity contribution in [1.82, 2.24) is 10.3 Å². The topological polar surface area (TPSA) is 72.5 Å². The average Bonchev–Trinajstić information content (AvgIpc) is 2.45. The van der Waals surface area contributed by atoms with Gasteiger partial charge >= 0.3 is 0 Å². The summed E-state index contributed by atoms with van der Waals surface area (Å²) in [5.41, 5.74) is 0.417. The van der Waals surface area contributed by atoms with E-state index in [9.17, 15) is 4.79 Å². The lowest BCUT2D eigenvalue weighted by Crippen LogP contribution is -2.39. The zero-order valence-corrected chi connectivity index (χ0v) is 11.4. The van der Waals surface area contributed by atoms with Crippen LogP contribution in [0.3, 0.4) is 0 Å². The van der Waals surface area contributed by atoms with Crippen molar-refractivity contribution < 1.29 is 14.3 Å². The lowest BCUT2D eigenvalue weighted by atomic mass is 10.2. The fourth-order valence-corrected chi connectivity index (χ4v) is 1.97. The highest BCUT2D eigenvalue weighted by atomic mass is 35.5. The molecule has 1 atom stereocenters. The second kappa shape index (κ2) is 6.70. The number of hydrogen-bond donors (Lipinski definition) is 2. The molecule has 1 aromatic rings. The van der Waals surface area contributed by atoms with Crippen molar-refractivity contribution >= 4 is 23.3 Å². The Morgan fingerprint density at radius 3 is 3.05 bits per heavy atom. The molecule has 0 bridgehead atoms. The number of rotatable bonds is 4. The third-order valence-corrected chi connectivity index (χ3v) is 3.00. The van der Waals surface area contributed by atoms with E-state index in [0.29, 0.717) is 42.8 Å². The van der Waals surface area contributed by atoms with Crippen molar-refractivity contribution in [2.24, 2.45) is 0 Å². The molecule has 1 aromatic heterocycles. The number of halogens is 1. The maximum absolute atomic E-state index is 11.9. The molecule has 19 heavy (non-hydrogen) atoms. The minimum atomic E-state index is -0.230. The Balaban J connectivity index is 1.90. The number of ether oxygens (including phenoxy) is 2. The van der Waals surface area contributed by atoms with Gasteiger partial charge in [-0.15, -0.1) is 0 Å². The van der Waals surface area contributed by atoms with Crippen molar-refractivity contribution in [2.45, 2.75) is 6.10 Å². The van der Waals surface area contributed by atoms with E-state index in [1.54, 1.807) is 13.1 Å². The standard InChI is InChI=1S/C12H16ClN3O3/c1-14-11-10(13)4-8(5-15-11)12(17)16-6-9-7-18-2-3-19-9/h4-5,9H,2-3,6-7H2,1H3,(H,14,15)(H,16,17). The predicted molar refractivity (Wildman–Crippen MR) is 71.7 cm³/mol. The minimum absolute atomic E-state index is 0.0993. The van der Waals surface area contributed by atoms with Gasteiger partial charge in [-0.05, 0) is 6.07 Å². The molecule has 1 fully saturated rings. The Labute approximate surface area is 116 Å². The summed E-state index contributed by atoms with van der Waals surface area (Å²) in [7, 11) is 1.72. The van der Waals surface area contributed by atoms with Gasteiger partial charge in [0, 0.05) is 19.8 Å². The number of carbonyl (C=O) groups is 1. The monoisotopic (exact) mass is 285 g/mol. The number of anilines is 1. The molecular formula is C12H16ClN3O3. The Kier molecular flexibility index (Phi) is 4.95. The van der Waals surface area contributed by atoms with Crippen LogP contribution in [0.25, 0.3) is 0 Å². The van der Waals surface area contributed by atoms with Gasteiger partial charge in [0.1, 0.15) is 5.82 Å². The fraction of sp³-hybridized carbons (Fsp3) is 0.500. The maximum Gasteiger partial charge on any atom is 0.252 e. The first-order chi connectivity index (χ1) is 9.20. The van der Waals surface area contributed by atoms with Crippen LogP contribution in [0.5, 0.6) is 0 Å². The molecule has 2 heterocycles. The van der Waals surface area contributed by atoms with E-state index in [-0.39, 0.29) is 12.0 Å². The smallest absolute Gasteiger partial charge is 0.252 e. The zero-order valence-electron chi connectivity index (χ0n) is 10.6. The molecule has 0 aromatic carbocycles. The van der Waals surface area contributed by atoms with Crippen LogP contribution in [0.2, 0.25) is 5.02 Å². The van der Waals surface area contributed by atoms with E-state index in [4.69, 9.17) is 21.1 Å². The lowest BCUT2D eigenvalue weighted by Gasteiger charge is -2.23. The summed E-state index contributed by atoms with van der Waals surface area (Å²) in [4.78, 5) is 16.0. The van der Waals surface area contributed by atoms with E-state index >= 15 is 0 Å². The van der Waals surface area contributed by atoms with Gasteiger partial charge in [0.05, 0.1) is 36.5 Å². The molecule has 6 nitrogen and oxygen atoms in total. The second-order valence-electron chi connectivity index (χ2n) is 4.08. The van der Waals surface area contributed by atoms with Gasteiger partial charge in [-0.25, -0.2) is 4.98 Å². The second-order valence-corrected chi connectivity index (χ2v) is 4.49. The summed E-state index contributed by atoms with van der Waals surface area (Å²) < 4.78 is 10.7. The van der Waals surface area contributed by atoms with E-state index in [1.165, 1.54) is 6.20 Å². The molecule has 0 spiro atoms. The molecule has 2 rings (SSSR count). The number of hydrogen-bond acceptors (Lipinski definition) is 5. The molecule has 7 heteroatoms. The third-order valence-electron chi connectivity index (χ3n) is 2.72. The first-order valence-electron chi connectivity index (χ1n) is 6.01. The normalized spacial score (nSPS) is 18.9. The van der Waals surface area contributed by atoms with Gasteiger partial charge in [-0.2, -0.15) is 0 Å². The predicted octanol–water partition coefficient (Wildman–Crippen LogP) is 0.922. The minimum Gasteiger partial charge on any atom is -0.376 e. The Morgan fingerprint density at radius 2 is 2.42 bits per heavy atom. The maximum atomic E-state index is 11.9. The van der Waals surface area contributed by atoms with Gasteiger partial charge in [0.2, 0.25) is 0 Å². The molecule has 0 aliphatic carbocycles. The van der Waals surface area contributed by atoms with Gasteiger partial charge in [0.25, 0.3) is 5.91 Å². The molecule has 1 aliphatic heterocycles. The van der Waals surface area contributed by atoms with Crippen LogP contribution < -0.4 is 10.6 Å². The van der Waals surface area contributed by atoms with Crippen molar-refractivity contribution in [3.8, 4) is 0 Å². The summed E-state index contributed by atoms with van der Waals surface area (Å²) in [6.07, 6.45) is 1.38. The number of amides is 1. The average molecular weight is 286 g/mol. The molecular weight excluding hydrogens is 270 g/mol. The summed E-state index contributed by atoms with van der Waals surface area (Å²) in [6, 6.07) is 1.58. The Bertz CT molecular complexity index is 450. The summed E-state index contributed by atoms with van der Waals surface area (Å²) in [5.74, 6) is 0.313. The van der Waals surface area contributed by atoms with Gasteiger partial charge in [-0.1, -0.05) is 11.6 Å². The number of aromatic nitrogens is 1. The van der Waals surface area contributed by atoms with Crippen molar-refractivity contribution in [3.05, 3.63) is 22.8 Å². The van der Waals surface area contributed by atoms with Crippen LogP contribution in [0.4, 0.5) is 5.82 Å². The molecule has 1 aliphatic rings. The number of pyridine rings is 1. The molecule has 0 radical (unpaired) electrons. The lowest BCUT2D eigenvalue weighted by molar-refractivity contribution is -0.0855. The quantitative estimate of drug-likeness (QED) is 0.861. The van der Waals surface area contributed by atoms with E-state index in [1.807, 2.05) is 0 Å². The van der Waals surface area contributed by atoms with Crippen LogP contribution in [-0.4, -0.2) is 50.4 Å². The highest BCUT2D eigenvalue weighted by Crippen LogP contribution is 2.19. The van der Waals surface area contributed by atoms with Gasteiger partial charge < -0.3 is 20.1 Å². The molecule has 2 N–H and O–H groups in total. The van der Waals surface area contributed by atoms with Crippen LogP contribution in [0.1, 0.15) is 10.4 Å². The van der Waals surface area contributed by atoms with Crippen LogP contribution in [-0.2, 0) is 9.47 Å². The van der Waals surface area contributed by atoms with Gasteiger partial charge in [-0.3, -0.25) is 4.79 Å². The zero-order chi connectivity index (χ0) is 13.7. The first-order valence-corrected chi connectivity index (χ1v) is 6.39. The largest absolute Gasteiger partial charge is 0.376 e. The molecule has 1 unspecified atom stereocenters. The number of nitrogens with one attached hydrogen (secondary N) is 2. The molecule has 1 amide bonds. The molecule has 0 saturated carbocycles. The van der Waals surface area contributed by atoms with Crippen LogP contribution in [0.15, 0.2) is 12.3 Å². The first kappa shape index (κ1) is 14.0. The Morgan fingerprint density at radius 1 is 1.58 bits per heavy atom. The SMILES string of the molecule is CNc1ncc(C(=O)NCC2COCCO2)cc1Cl. The van der Waals surface area contributed by atoms with E-state index < -0.39 is 0 Å². The van der Waals surface area contributed by atoms with E-state index in [0.717, 1.165) is 0 Å². The van der Waals surface area contributed by atoms with Crippen molar-refractivity contribution in [3.63, 3.8) is 0 Å². The summed E-state index contributed by atoms with van der Waals surface area (Å²) in [6.45, 7) is 2.07. The summed E-state index contributed by atoms with van der Waals surface area (Å²) >= 11 is 5.97. The van der Waals surface area contributed by atoms with Crippen LogP contribution in [0, 0.1) is 0 Å². The highest BCUT2D eigenvalue weighted by molar-refractivity contribution is 6.33. The van der Waals surface area contributed by atoms with Crippen molar-refractivity contribution in [1.29, 1.82) is 0 Å². The third kappa shape index (κ3) is 3.79. The summed E-state index contributed by atoms with van der Waals surface area (Å²) in [5, 5.41) is 6.01. The molecule has 104 valence electrons. The van der Waals surface area contributed by atoms with E-state index in [2.05, 4.69) is 15.6 Å². The van der Waals surface area contributed by atoms with Crippen molar-refractivity contribution in [2.75, 3.05) is 38.7 Å². The number of carbonyl (C=O) groups excluding carboxylic acids is 1. The van der Waals surface area contributed by atoms with Crippen LogP contribution >= 0.6 is 11.6 Å². The van der Waals surface area contributed by atoms with Gasteiger partial charge in [0.15, 0.2) is 0 Å². The highest BCUT2D eigenvalue weighted by Gasteiger charge is 2.16. The molecule has 1 saturated heterocycles.